The first-order valence-electron chi connectivity index (χ1n) is 8.90. The Balaban J connectivity index is 1.70. The number of anilines is 1. The summed E-state index contributed by atoms with van der Waals surface area (Å²) in [5.41, 5.74) is 5.70. The van der Waals surface area contributed by atoms with Gasteiger partial charge in [0.1, 0.15) is 6.67 Å². The molecule has 0 saturated carbocycles. The van der Waals surface area contributed by atoms with E-state index in [4.69, 9.17) is 11.6 Å². The molecule has 0 saturated heterocycles. The van der Waals surface area contributed by atoms with Crippen molar-refractivity contribution >= 4 is 22.9 Å². The van der Waals surface area contributed by atoms with Crippen molar-refractivity contribution in [3.63, 3.8) is 0 Å². The highest BCUT2D eigenvalue weighted by Crippen LogP contribution is 2.39. The number of halogens is 5. The second-order valence-electron chi connectivity index (χ2n) is 6.90. The summed E-state index contributed by atoms with van der Waals surface area (Å²) >= 11 is 5.89. The molecular weight excluding hydrogens is 408 g/mol. The Morgan fingerprint density at radius 2 is 2.03 bits per heavy atom. The molecule has 152 valence electrons. The first-order valence-corrected chi connectivity index (χ1v) is 9.28. The van der Waals surface area contributed by atoms with Crippen LogP contribution in [0, 0.1) is 0 Å². The van der Waals surface area contributed by atoms with Crippen molar-refractivity contribution in [1.82, 2.24) is 15.4 Å². The van der Waals surface area contributed by atoms with Gasteiger partial charge in [-0.2, -0.15) is 13.2 Å². The van der Waals surface area contributed by atoms with Crippen LogP contribution < -0.4 is 10.3 Å². The van der Waals surface area contributed by atoms with Crippen LogP contribution in [-0.4, -0.2) is 22.6 Å². The van der Waals surface area contributed by atoms with Crippen LogP contribution >= 0.6 is 11.6 Å². The molecule has 1 aromatic heterocycles. The Hall–Kier alpha value is -2.74. The molecule has 0 spiro atoms. The molecule has 4 rings (SSSR count). The van der Waals surface area contributed by atoms with E-state index in [0.717, 1.165) is 22.9 Å². The Morgan fingerprint density at radius 3 is 2.72 bits per heavy atom. The van der Waals surface area contributed by atoms with Gasteiger partial charge in [-0.05, 0) is 42.8 Å². The van der Waals surface area contributed by atoms with E-state index in [-0.39, 0.29) is 11.1 Å². The van der Waals surface area contributed by atoms with Gasteiger partial charge in [0, 0.05) is 36.4 Å². The Labute approximate surface area is 170 Å². The summed E-state index contributed by atoms with van der Waals surface area (Å²) in [5.74, 6) is 0. The van der Waals surface area contributed by atoms with Gasteiger partial charge in [0.05, 0.1) is 28.0 Å². The number of aromatic nitrogens is 1. The van der Waals surface area contributed by atoms with E-state index >= 15 is 0 Å². The zero-order valence-corrected chi connectivity index (χ0v) is 16.1. The SMILES string of the molecule is C[C@H]1CN(c2ccc(C(F)(F)F)c(Cl)c2)C=C2C(c3ccnc(CF)c3)=CNN21. The molecule has 2 aliphatic heterocycles. The van der Waals surface area contributed by atoms with E-state index in [1.54, 1.807) is 18.3 Å². The maximum absolute atomic E-state index is 13.0. The quantitative estimate of drug-likeness (QED) is 0.692. The highest BCUT2D eigenvalue weighted by molar-refractivity contribution is 6.31. The summed E-state index contributed by atoms with van der Waals surface area (Å²) in [6.45, 7) is 1.88. The van der Waals surface area contributed by atoms with Crippen LogP contribution in [0.5, 0.6) is 0 Å². The van der Waals surface area contributed by atoms with Crippen LogP contribution in [0.4, 0.5) is 23.2 Å². The lowest BCUT2D eigenvalue weighted by Crippen LogP contribution is -2.47. The predicted octanol–water partition coefficient (Wildman–Crippen LogP) is 5.13. The third kappa shape index (κ3) is 3.64. The fourth-order valence-corrected chi connectivity index (χ4v) is 3.79. The number of hydrogen-bond acceptors (Lipinski definition) is 4. The van der Waals surface area contributed by atoms with Crippen LogP contribution in [0.3, 0.4) is 0 Å². The fraction of sp³-hybridized carbons (Fsp3) is 0.250. The molecule has 2 aromatic rings. The fourth-order valence-electron chi connectivity index (χ4n) is 3.51. The molecule has 0 amide bonds. The van der Waals surface area contributed by atoms with Crippen molar-refractivity contribution < 1.29 is 17.6 Å². The second kappa shape index (κ2) is 7.26. The largest absolute Gasteiger partial charge is 0.417 e. The molecule has 3 heterocycles. The number of allylic oxidation sites excluding steroid dienone is 1. The minimum absolute atomic E-state index is 0.0206. The standard InChI is InChI=1S/C20H17ClF4N4/c1-12-10-28(15-2-3-17(18(21)7-15)20(23,24)25)11-19-16(9-27-29(12)19)13-4-5-26-14(6-13)8-22/h2-7,9,11-12,27H,8,10H2,1H3/t12-/m0/s1. The van der Waals surface area contributed by atoms with E-state index in [9.17, 15) is 17.6 Å². The lowest BCUT2D eigenvalue weighted by Gasteiger charge is -2.38. The monoisotopic (exact) mass is 424 g/mol. The van der Waals surface area contributed by atoms with Gasteiger partial charge in [0.15, 0.2) is 0 Å². The summed E-state index contributed by atoms with van der Waals surface area (Å²) in [5, 5.41) is 1.62. The molecular formula is C20H17ClF4N4. The van der Waals surface area contributed by atoms with Gasteiger partial charge in [0.25, 0.3) is 0 Å². The van der Waals surface area contributed by atoms with Crippen molar-refractivity contribution in [2.45, 2.75) is 25.8 Å². The summed E-state index contributed by atoms with van der Waals surface area (Å²) in [7, 11) is 0. The number of nitrogens with zero attached hydrogens (tertiary/aromatic N) is 3. The number of benzene rings is 1. The van der Waals surface area contributed by atoms with Crippen LogP contribution in [0.15, 0.2) is 54.6 Å². The lowest BCUT2D eigenvalue weighted by atomic mass is 10.0. The van der Waals surface area contributed by atoms with Crippen molar-refractivity contribution in [3.05, 3.63) is 76.5 Å². The smallest absolute Gasteiger partial charge is 0.344 e. The molecule has 1 N–H and O–H groups in total. The second-order valence-corrected chi connectivity index (χ2v) is 7.31. The minimum atomic E-state index is -4.50. The molecule has 0 bridgehead atoms. The molecule has 0 unspecified atom stereocenters. The van der Waals surface area contributed by atoms with Crippen LogP contribution in [0.25, 0.3) is 5.57 Å². The van der Waals surface area contributed by atoms with E-state index in [1.165, 1.54) is 12.1 Å². The van der Waals surface area contributed by atoms with Gasteiger partial charge < -0.3 is 10.3 Å². The first-order chi connectivity index (χ1) is 13.8. The molecule has 1 atom stereocenters. The molecule has 9 heteroatoms. The topological polar surface area (TPSA) is 31.4 Å². The molecule has 29 heavy (non-hydrogen) atoms. The Kier molecular flexibility index (Phi) is 4.90. The van der Waals surface area contributed by atoms with Gasteiger partial charge in [0.2, 0.25) is 0 Å². The average Bonchev–Trinajstić information content (AvgIpc) is 3.11. The van der Waals surface area contributed by atoms with Crippen LogP contribution in [0.1, 0.15) is 23.7 Å². The Morgan fingerprint density at radius 1 is 1.24 bits per heavy atom. The summed E-state index contributed by atoms with van der Waals surface area (Å²) < 4.78 is 52.0. The van der Waals surface area contributed by atoms with E-state index in [2.05, 4.69) is 10.4 Å². The third-order valence-corrected chi connectivity index (χ3v) is 5.23. The Bertz CT molecular complexity index is 1000. The third-order valence-electron chi connectivity index (χ3n) is 4.92. The highest BCUT2D eigenvalue weighted by atomic mass is 35.5. The summed E-state index contributed by atoms with van der Waals surface area (Å²) in [6, 6.07) is 7.21. The number of rotatable bonds is 3. The molecule has 1 aromatic carbocycles. The molecule has 2 aliphatic rings. The van der Waals surface area contributed by atoms with Crippen molar-refractivity contribution in [2.24, 2.45) is 0 Å². The maximum atomic E-state index is 13.0. The van der Waals surface area contributed by atoms with E-state index < -0.39 is 18.4 Å². The number of fused-ring (bicyclic) bond motifs is 1. The van der Waals surface area contributed by atoms with Gasteiger partial charge in [-0.1, -0.05) is 11.6 Å². The number of alkyl halides is 4. The number of hydrazine groups is 1. The van der Waals surface area contributed by atoms with Crippen LogP contribution in [0.2, 0.25) is 5.02 Å². The lowest BCUT2D eigenvalue weighted by molar-refractivity contribution is -0.137. The zero-order valence-electron chi connectivity index (χ0n) is 15.3. The van der Waals surface area contributed by atoms with E-state index in [1.807, 2.05) is 29.2 Å². The highest BCUT2D eigenvalue weighted by Gasteiger charge is 2.35. The minimum Gasteiger partial charge on any atom is -0.344 e. The van der Waals surface area contributed by atoms with Gasteiger partial charge in [-0.3, -0.25) is 9.99 Å². The summed E-state index contributed by atoms with van der Waals surface area (Å²) in [4.78, 5) is 5.84. The molecule has 0 aliphatic carbocycles. The molecule has 0 fully saturated rings. The molecule has 0 radical (unpaired) electrons. The van der Waals surface area contributed by atoms with Gasteiger partial charge in [-0.15, -0.1) is 0 Å². The predicted molar refractivity (Wildman–Crippen MR) is 103 cm³/mol. The van der Waals surface area contributed by atoms with Crippen molar-refractivity contribution in [1.29, 1.82) is 0 Å². The number of pyridine rings is 1. The van der Waals surface area contributed by atoms with Gasteiger partial charge in [-0.25, -0.2) is 4.39 Å². The number of nitrogens with one attached hydrogen (secondary N) is 1. The summed E-state index contributed by atoms with van der Waals surface area (Å²) in [6.07, 6.45) is 0.720. The van der Waals surface area contributed by atoms with E-state index in [0.29, 0.717) is 17.9 Å². The normalized spacial score (nSPS) is 18.9. The van der Waals surface area contributed by atoms with Crippen molar-refractivity contribution in [2.75, 3.05) is 11.4 Å². The van der Waals surface area contributed by atoms with Crippen LogP contribution in [-0.2, 0) is 12.9 Å². The zero-order chi connectivity index (χ0) is 20.8. The average molecular weight is 425 g/mol. The van der Waals surface area contributed by atoms with Crippen molar-refractivity contribution in [3.8, 4) is 0 Å². The number of hydrogen-bond donors (Lipinski definition) is 1. The van der Waals surface area contributed by atoms with Gasteiger partial charge >= 0.3 is 6.18 Å². The maximum Gasteiger partial charge on any atom is 0.417 e. The molecule has 4 nitrogen and oxygen atoms in total. The first kappa shape index (κ1) is 19.6.